The van der Waals surface area contributed by atoms with Crippen molar-refractivity contribution in [2.24, 2.45) is 0 Å². The molecule has 1 saturated heterocycles. The number of benzene rings is 2. The fraction of sp³-hybridized carbons (Fsp3) is 0.613. The van der Waals surface area contributed by atoms with Gasteiger partial charge in [0.2, 0.25) is 0 Å². The molecular weight excluding hydrogens is 415 g/mol. The fourth-order valence-electron chi connectivity index (χ4n) is 5.97. The van der Waals surface area contributed by atoms with Crippen LogP contribution >= 0.6 is 0 Å². The van der Waals surface area contributed by atoms with Gasteiger partial charge in [0, 0.05) is 5.41 Å². The molecule has 4 rings (SSSR count). The number of hydrogen-bond acceptors (Lipinski definition) is 2. The van der Waals surface area contributed by atoms with Crippen LogP contribution in [0.2, 0.25) is 0 Å². The first kappa shape index (κ1) is 25.5. The van der Waals surface area contributed by atoms with E-state index in [0.29, 0.717) is 0 Å². The molecule has 2 aromatic rings. The van der Waals surface area contributed by atoms with E-state index in [4.69, 9.17) is 9.31 Å². The highest BCUT2D eigenvalue weighted by atomic mass is 16.7. The van der Waals surface area contributed by atoms with Crippen molar-refractivity contribution in [1.82, 2.24) is 0 Å². The van der Waals surface area contributed by atoms with Crippen LogP contribution in [0.5, 0.6) is 0 Å². The predicted octanol–water partition coefficient (Wildman–Crippen LogP) is 8.19. The Hall–Kier alpha value is -1.58. The van der Waals surface area contributed by atoms with Gasteiger partial charge in [-0.1, -0.05) is 108 Å². The van der Waals surface area contributed by atoms with E-state index in [9.17, 15) is 0 Å². The molecule has 0 spiro atoms. The normalized spacial score (nSPS) is 19.3. The second-order valence-corrected chi connectivity index (χ2v) is 11.6. The van der Waals surface area contributed by atoms with Crippen molar-refractivity contribution in [3.05, 3.63) is 53.6 Å². The van der Waals surface area contributed by atoms with Crippen LogP contribution in [-0.2, 0) is 14.7 Å². The summed E-state index contributed by atoms with van der Waals surface area (Å²) in [6, 6.07) is 16.2. The van der Waals surface area contributed by atoms with Crippen molar-refractivity contribution >= 4 is 12.6 Å². The Bertz CT molecular complexity index is 949. The molecule has 0 saturated carbocycles. The first-order chi connectivity index (χ1) is 16.3. The second kappa shape index (κ2) is 10.2. The highest BCUT2D eigenvalue weighted by Gasteiger charge is 2.52. The molecule has 2 nitrogen and oxygen atoms in total. The monoisotopic (exact) mass is 460 g/mol. The molecule has 0 aromatic heterocycles. The molecule has 184 valence electrons. The lowest BCUT2D eigenvalue weighted by Crippen LogP contribution is -2.41. The van der Waals surface area contributed by atoms with Gasteiger partial charge in [-0.25, -0.2) is 0 Å². The molecule has 0 amide bonds. The Morgan fingerprint density at radius 2 is 1.21 bits per heavy atom. The van der Waals surface area contributed by atoms with Gasteiger partial charge in [-0.2, -0.15) is 0 Å². The lowest BCUT2D eigenvalue weighted by Gasteiger charge is -2.33. The third-order valence-electron chi connectivity index (χ3n) is 8.73. The molecule has 1 heterocycles. The molecule has 0 N–H and O–H groups in total. The van der Waals surface area contributed by atoms with Gasteiger partial charge < -0.3 is 9.31 Å². The summed E-state index contributed by atoms with van der Waals surface area (Å²) < 4.78 is 12.9. The van der Waals surface area contributed by atoms with E-state index in [1.54, 1.807) is 5.56 Å². The van der Waals surface area contributed by atoms with E-state index in [1.165, 1.54) is 80.9 Å². The number of rotatable bonds is 11. The molecule has 1 aliphatic heterocycles. The molecule has 2 aromatic carbocycles. The Labute approximate surface area is 209 Å². The number of fused-ring (bicyclic) bond motifs is 3. The second-order valence-electron chi connectivity index (χ2n) is 11.6. The Balaban J connectivity index is 1.74. The topological polar surface area (TPSA) is 18.5 Å². The van der Waals surface area contributed by atoms with E-state index in [-0.39, 0.29) is 23.7 Å². The fourth-order valence-corrected chi connectivity index (χ4v) is 5.97. The zero-order valence-corrected chi connectivity index (χ0v) is 22.5. The SMILES string of the molecule is CCCCCCC1(CCCCCC)c2ccccc2-c2ccc(B3OC(C)(C)C(C)(C)O3)cc21. The van der Waals surface area contributed by atoms with Gasteiger partial charge in [0.15, 0.2) is 0 Å². The summed E-state index contributed by atoms with van der Waals surface area (Å²) in [5.74, 6) is 0. The quantitative estimate of drug-likeness (QED) is 0.249. The molecule has 34 heavy (non-hydrogen) atoms. The minimum absolute atomic E-state index is 0.104. The van der Waals surface area contributed by atoms with E-state index >= 15 is 0 Å². The Morgan fingerprint density at radius 3 is 1.79 bits per heavy atom. The van der Waals surface area contributed by atoms with E-state index in [2.05, 4.69) is 84.0 Å². The zero-order valence-electron chi connectivity index (χ0n) is 22.5. The molecule has 3 heteroatoms. The van der Waals surface area contributed by atoms with Gasteiger partial charge in [0.1, 0.15) is 0 Å². The summed E-state index contributed by atoms with van der Waals surface area (Å²) >= 11 is 0. The van der Waals surface area contributed by atoms with Crippen LogP contribution in [0.15, 0.2) is 42.5 Å². The molecule has 2 aliphatic rings. The average Bonchev–Trinajstić information content (AvgIpc) is 3.21. The van der Waals surface area contributed by atoms with Crippen LogP contribution in [0.25, 0.3) is 11.1 Å². The maximum absolute atomic E-state index is 6.46. The van der Waals surface area contributed by atoms with Crippen LogP contribution < -0.4 is 5.46 Å². The van der Waals surface area contributed by atoms with Gasteiger partial charge in [-0.05, 0) is 68.3 Å². The van der Waals surface area contributed by atoms with E-state index in [1.807, 2.05) is 0 Å². The molecule has 0 atom stereocenters. The summed E-state index contributed by atoms with van der Waals surface area (Å²) in [5, 5.41) is 0. The molecule has 1 aliphatic carbocycles. The van der Waals surface area contributed by atoms with Gasteiger partial charge >= 0.3 is 7.12 Å². The van der Waals surface area contributed by atoms with Crippen LogP contribution in [0, 0.1) is 0 Å². The first-order valence-corrected chi connectivity index (χ1v) is 13.9. The molecule has 1 fully saturated rings. The van der Waals surface area contributed by atoms with Crippen molar-refractivity contribution < 1.29 is 9.31 Å². The Morgan fingerprint density at radius 1 is 0.647 bits per heavy atom. The Kier molecular flexibility index (Phi) is 7.65. The number of hydrogen-bond donors (Lipinski definition) is 0. The van der Waals surface area contributed by atoms with Gasteiger partial charge in [0.05, 0.1) is 11.2 Å². The molecule has 0 radical (unpaired) electrons. The summed E-state index contributed by atoms with van der Waals surface area (Å²) in [7, 11) is -0.308. The van der Waals surface area contributed by atoms with Crippen molar-refractivity contribution in [1.29, 1.82) is 0 Å². The lowest BCUT2D eigenvalue weighted by molar-refractivity contribution is 0.00578. The summed E-state index contributed by atoms with van der Waals surface area (Å²) in [6.45, 7) is 13.2. The standard InChI is InChI=1S/C31H45BO2/c1-7-9-11-15-21-31(22-16-12-10-8-2)27-18-14-13-17-25(27)26-20-19-24(23-28(26)31)32-33-29(3,4)30(5,6)34-32/h13-14,17-20,23H,7-12,15-16,21-22H2,1-6H3. The van der Waals surface area contributed by atoms with Crippen LogP contribution in [-0.4, -0.2) is 18.3 Å². The minimum atomic E-state index is -0.322. The highest BCUT2D eigenvalue weighted by Crippen LogP contribution is 2.54. The minimum Gasteiger partial charge on any atom is -0.399 e. The molecule has 0 unspecified atom stereocenters. The van der Waals surface area contributed by atoms with Gasteiger partial charge in [-0.15, -0.1) is 0 Å². The average molecular weight is 461 g/mol. The van der Waals surface area contributed by atoms with Crippen LogP contribution in [0.1, 0.15) is 117 Å². The van der Waals surface area contributed by atoms with E-state index < -0.39 is 0 Å². The maximum Gasteiger partial charge on any atom is 0.494 e. The smallest absolute Gasteiger partial charge is 0.399 e. The van der Waals surface area contributed by atoms with Crippen molar-refractivity contribution in [3.63, 3.8) is 0 Å². The first-order valence-electron chi connectivity index (χ1n) is 13.9. The third-order valence-corrected chi connectivity index (χ3v) is 8.73. The van der Waals surface area contributed by atoms with Crippen LogP contribution in [0.3, 0.4) is 0 Å². The van der Waals surface area contributed by atoms with Gasteiger partial charge in [0.25, 0.3) is 0 Å². The highest BCUT2D eigenvalue weighted by molar-refractivity contribution is 6.62. The predicted molar refractivity (Wildman–Crippen MR) is 146 cm³/mol. The summed E-state index contributed by atoms with van der Waals surface area (Å²) in [5.41, 5.74) is 6.53. The number of unbranched alkanes of at least 4 members (excludes halogenated alkanes) is 6. The van der Waals surface area contributed by atoms with Crippen molar-refractivity contribution in [2.75, 3.05) is 0 Å². The largest absolute Gasteiger partial charge is 0.494 e. The molecule has 0 bridgehead atoms. The summed E-state index contributed by atoms with van der Waals surface area (Å²) in [6.07, 6.45) is 12.9. The third kappa shape index (κ3) is 4.63. The zero-order chi connectivity index (χ0) is 24.4. The maximum atomic E-state index is 6.46. The van der Waals surface area contributed by atoms with E-state index in [0.717, 1.165) is 5.46 Å². The van der Waals surface area contributed by atoms with Gasteiger partial charge in [-0.3, -0.25) is 0 Å². The molecular formula is C31H45BO2. The van der Waals surface area contributed by atoms with Crippen LogP contribution in [0.4, 0.5) is 0 Å². The summed E-state index contributed by atoms with van der Waals surface area (Å²) in [4.78, 5) is 0. The lowest BCUT2D eigenvalue weighted by atomic mass is 9.68. The van der Waals surface area contributed by atoms with Crippen molar-refractivity contribution in [3.8, 4) is 11.1 Å². The van der Waals surface area contributed by atoms with Crippen molar-refractivity contribution in [2.45, 2.75) is 122 Å².